The van der Waals surface area contributed by atoms with Gasteiger partial charge in [0.05, 0.1) is 88.0 Å². The molecule has 0 radical (unpaired) electrons. The second-order valence-corrected chi connectivity index (χ2v) is 45.4. The lowest BCUT2D eigenvalue weighted by Gasteiger charge is -2.57. The number of hydrogen-bond donors (Lipinski definition) is 4. The Labute approximate surface area is 732 Å². The van der Waals surface area contributed by atoms with Crippen LogP contribution in [0.3, 0.4) is 0 Å². The first-order valence-electron chi connectivity index (χ1n) is 49.0. The Kier molecular flexibility index (Phi) is 25.0. The van der Waals surface area contributed by atoms with E-state index in [0.717, 1.165) is 155 Å². The van der Waals surface area contributed by atoms with Crippen molar-refractivity contribution in [2.75, 3.05) is 13.7 Å². The molecule has 666 valence electrons. The molecule has 0 aromatic carbocycles. The third-order valence-electron chi connectivity index (χ3n) is 39.6. The molecule has 17 nitrogen and oxygen atoms in total. The van der Waals surface area contributed by atoms with Gasteiger partial charge in [0, 0.05) is 18.4 Å². The van der Waals surface area contributed by atoms with Crippen LogP contribution in [0, 0.1) is 193 Å². The Morgan fingerprint density at radius 2 is 0.664 bits per heavy atom. The number of hydrogen-bond acceptors (Lipinski definition) is 13. The molecule has 0 aliphatic heterocycles. The molecular formula is C102H147ClF2N12O5. The van der Waals surface area contributed by atoms with Gasteiger partial charge in [0.15, 0.2) is 0 Å². The monoisotopic (exact) mass is 1690 g/mol. The first-order chi connectivity index (χ1) is 58.6. The van der Waals surface area contributed by atoms with Gasteiger partial charge in [0.2, 0.25) is 0 Å². The second kappa shape index (κ2) is 34.9. The number of alkyl halides is 2. The molecule has 17 fully saturated rings. The quantitative estimate of drug-likeness (QED) is 0.0645. The minimum atomic E-state index is -2.61. The first-order valence-corrected chi connectivity index (χ1v) is 49.4. The van der Waals surface area contributed by atoms with Gasteiger partial charge < -0.3 is 25.2 Å². The lowest BCUT2D eigenvalue weighted by Crippen LogP contribution is -2.52. The average Bonchev–Trinajstić information content (AvgIpc) is 1.49. The van der Waals surface area contributed by atoms with Gasteiger partial charge in [-0.05, 0) is 419 Å². The average molecular weight is 1690 g/mol. The topological polar surface area (TPSA) is 213 Å². The van der Waals surface area contributed by atoms with E-state index in [1.807, 2.05) is 0 Å². The summed E-state index contributed by atoms with van der Waals surface area (Å²) in [4.78, 5) is 7.11. The van der Waals surface area contributed by atoms with E-state index in [0.29, 0.717) is 107 Å². The molecule has 0 spiro atoms. The van der Waals surface area contributed by atoms with Crippen molar-refractivity contribution in [3.05, 3.63) is 98.2 Å². The van der Waals surface area contributed by atoms with Crippen LogP contribution >= 0.6 is 11.6 Å². The van der Waals surface area contributed by atoms with E-state index in [2.05, 4.69) is 118 Å². The molecule has 0 amide bonds. The molecule has 4 heterocycles. The van der Waals surface area contributed by atoms with Gasteiger partial charge in [0.1, 0.15) is 16.8 Å². The maximum atomic E-state index is 13.4. The highest BCUT2D eigenvalue weighted by molar-refractivity contribution is 6.30. The Morgan fingerprint density at radius 1 is 0.369 bits per heavy atom. The van der Waals surface area contributed by atoms with Crippen LogP contribution in [0.2, 0.25) is 0 Å². The largest absolute Gasteiger partial charge is 0.387 e. The summed E-state index contributed by atoms with van der Waals surface area (Å²) in [7, 11) is 1.72. The number of nitrogens with zero attached hydrogens (tertiary/aromatic N) is 12. The second-order valence-electron chi connectivity index (χ2n) is 45.2. The SMILES string of the molecule is C=C(Cn1nccn1)[C@H]1CC[C@H]2[C@@H]3CC[C@@H]4C[C@](O)(C#CC5CC5)CC[C@@H]4[C@H]3CC[C@]12C.C=C(Cn1nccn1)[C@H]1CC[C@H]2[C@@H]3CC[C@@H]4C[C@](O)(C#CCl)CC[C@@H]4[C@H]3CC[C@]12C.C=C(Cn1nccn1)[C@H]1CC[C@H]2[C@@H]3CC[C@@H]4C[C@](O)(C(F)F)CC[C@@H]4[C@H]3CC[C@]12C.C=C(Cn1nccn1)[C@H]1CC[C@H]2[C@@H]3CC[C@@H]4C[C@](O)(COC)CC[C@@H]4[C@H]3CC[C@]12C. The van der Waals surface area contributed by atoms with E-state index in [4.69, 9.17) is 16.3 Å². The zero-order valence-corrected chi connectivity index (χ0v) is 75.3. The Bertz CT molecular complexity index is 4440. The van der Waals surface area contributed by atoms with Crippen LogP contribution in [0.4, 0.5) is 8.78 Å². The number of allylic oxidation sites excluding steroid dienone is 4. The number of ether oxygens (including phenoxy) is 1. The molecule has 0 unspecified atom stereocenters. The van der Waals surface area contributed by atoms with Crippen LogP contribution in [0.15, 0.2) is 98.2 Å². The van der Waals surface area contributed by atoms with Gasteiger partial charge in [0.25, 0.3) is 6.43 Å². The molecule has 32 atom stereocenters. The Hall–Kier alpha value is -5.41. The maximum absolute atomic E-state index is 13.4. The number of methoxy groups -OCH3 is 1. The number of aromatic nitrogens is 12. The molecule has 0 saturated heterocycles. The van der Waals surface area contributed by atoms with Gasteiger partial charge in [-0.15, -0.1) is 0 Å². The van der Waals surface area contributed by atoms with E-state index >= 15 is 0 Å². The van der Waals surface area contributed by atoms with Crippen molar-refractivity contribution in [2.24, 2.45) is 170 Å². The molecule has 17 aliphatic rings. The molecule has 4 N–H and O–H groups in total. The highest BCUT2D eigenvalue weighted by atomic mass is 35.5. The molecular weight excluding hydrogens is 1550 g/mol. The van der Waals surface area contributed by atoms with Crippen molar-refractivity contribution >= 4 is 11.6 Å². The van der Waals surface area contributed by atoms with E-state index in [1.165, 1.54) is 189 Å². The van der Waals surface area contributed by atoms with Crippen molar-refractivity contribution in [3.63, 3.8) is 0 Å². The fourth-order valence-electron chi connectivity index (χ4n) is 34.2. The maximum Gasteiger partial charge on any atom is 0.266 e. The van der Waals surface area contributed by atoms with Gasteiger partial charge in [-0.3, -0.25) is 0 Å². The molecule has 17 aliphatic carbocycles. The molecule has 4 aromatic rings. The summed E-state index contributed by atoms with van der Waals surface area (Å²) < 4.78 is 32.2. The third-order valence-corrected chi connectivity index (χ3v) is 39.7. The van der Waals surface area contributed by atoms with Crippen molar-refractivity contribution < 1.29 is 33.9 Å². The summed E-state index contributed by atoms with van der Waals surface area (Å²) in [6, 6.07) is 0. The molecule has 0 bridgehead atoms. The van der Waals surface area contributed by atoms with E-state index in [1.54, 1.807) is 75.9 Å². The van der Waals surface area contributed by atoms with Crippen LogP contribution < -0.4 is 0 Å². The highest BCUT2D eigenvalue weighted by Crippen LogP contribution is 2.71. The zero-order valence-electron chi connectivity index (χ0n) is 74.6. The predicted octanol–water partition coefficient (Wildman–Crippen LogP) is 19.9. The normalized spacial score (nSPS) is 45.3. The van der Waals surface area contributed by atoms with Crippen LogP contribution in [-0.2, 0) is 30.9 Å². The number of halogens is 3. The Balaban J connectivity index is 0.000000111. The summed E-state index contributed by atoms with van der Waals surface area (Å²) in [6.07, 6.45) is 54.8. The zero-order chi connectivity index (χ0) is 84.9. The van der Waals surface area contributed by atoms with Crippen molar-refractivity contribution in [1.82, 2.24) is 60.0 Å². The fourth-order valence-corrected chi connectivity index (χ4v) is 34.3. The lowest BCUT2D eigenvalue weighted by molar-refractivity contribution is -0.159. The first kappa shape index (κ1) is 87.3. The summed E-state index contributed by atoms with van der Waals surface area (Å²) in [6.45, 7) is 31.6. The molecule has 4 aromatic heterocycles. The van der Waals surface area contributed by atoms with Gasteiger partial charge in [-0.2, -0.15) is 60.0 Å². The van der Waals surface area contributed by atoms with Crippen molar-refractivity contribution in [2.45, 2.75) is 327 Å². The summed E-state index contributed by atoms with van der Waals surface area (Å²) >= 11 is 5.63. The molecule has 17 saturated carbocycles. The third kappa shape index (κ3) is 16.7. The lowest BCUT2D eigenvalue weighted by atomic mass is 9.48. The van der Waals surface area contributed by atoms with Crippen LogP contribution in [0.25, 0.3) is 0 Å². The van der Waals surface area contributed by atoms with E-state index < -0.39 is 28.8 Å². The number of fused-ring (bicyclic) bond motifs is 20. The summed E-state index contributed by atoms with van der Waals surface area (Å²) in [5.74, 6) is 27.4. The number of rotatable bonds is 15. The van der Waals surface area contributed by atoms with E-state index in [-0.39, 0.29) is 17.8 Å². The van der Waals surface area contributed by atoms with Crippen LogP contribution in [0.1, 0.15) is 272 Å². The minimum absolute atomic E-state index is 0.271. The number of aliphatic hydroxyl groups is 4. The smallest absolute Gasteiger partial charge is 0.266 e. The molecule has 20 heteroatoms. The van der Waals surface area contributed by atoms with E-state index in [9.17, 15) is 29.2 Å². The summed E-state index contributed by atoms with van der Waals surface area (Å²) in [5.41, 5.74) is 2.79. The molecule has 122 heavy (non-hydrogen) atoms. The van der Waals surface area contributed by atoms with Crippen molar-refractivity contribution in [1.29, 1.82) is 0 Å². The van der Waals surface area contributed by atoms with Crippen LogP contribution in [-0.4, -0.2) is 123 Å². The predicted molar refractivity (Wildman–Crippen MR) is 471 cm³/mol. The summed E-state index contributed by atoms with van der Waals surface area (Å²) in [5, 5.41) is 80.2. The van der Waals surface area contributed by atoms with Gasteiger partial charge in [-0.1, -0.05) is 94.1 Å². The Morgan fingerprint density at radius 3 is 0.975 bits per heavy atom. The minimum Gasteiger partial charge on any atom is -0.387 e. The van der Waals surface area contributed by atoms with Crippen molar-refractivity contribution in [3.8, 4) is 23.1 Å². The highest BCUT2D eigenvalue weighted by Gasteiger charge is 2.64. The standard InChI is InChI=1S/C28H39N3O.C25H34ClN3O.C25H39N3O2.C24H35F2N3O/c1-19(18-31-29-15-16-30-31)25-7-8-26-24-6-5-21-17-28(32,13-9-20-3-4-20)14-11-22(21)23(24)10-12-27(25,26)2;1-17(16-29-27-13-14-28-29)22-5-6-23-21-4-3-18-15-25(30,11-12-26)10-8-19(18)20(21)7-9-24(22,23)2;1-17(15-28-26-12-13-27-28)22-6-7-23-21-5-4-18-14-25(29,16-30-3)11-9-19(18)20(21)8-10-24(22,23)2;1-15(14-29-27-11-12-28-29)20-5-6-21-19-4-3-16-13-24(30,22(25)26)10-8-17(16)18(19)7-9-23(20,21)2/h15-16,20-26,32H,1,3-8,10-12,14,17-18H2,2H3;13-14,18-23,30H,1,3-10,15-16H2,2H3;12-13,18-23,29H,1,4-11,14-16H2,2-3H3;11-12,16-22,30H,1,3-10,13-14H2,2H3/t21-,22+,23-,24-,25-,26+,27-,28+;18-,19+,20-,21-,22-,23+,24-,25-;18-,19+,20-,21-,22-,23+,24-,25+;16-,17+,18-,19-,20-,21+,23-,24+/m1111/s1. The molecule has 21 rings (SSSR count). The van der Waals surface area contributed by atoms with Gasteiger partial charge >= 0.3 is 0 Å². The van der Waals surface area contributed by atoms with Gasteiger partial charge in [-0.25, -0.2) is 8.78 Å². The van der Waals surface area contributed by atoms with Crippen LogP contribution in [0.5, 0.6) is 0 Å². The fraction of sp³-hybridized carbons (Fsp3) is 0.804.